The van der Waals surface area contributed by atoms with Crippen LogP contribution in [0.4, 0.5) is 0 Å². The van der Waals surface area contributed by atoms with E-state index in [1.807, 2.05) is 6.07 Å². The molecule has 16 heavy (non-hydrogen) atoms. The molecule has 2 aromatic rings. The van der Waals surface area contributed by atoms with E-state index in [9.17, 15) is 0 Å². The van der Waals surface area contributed by atoms with Gasteiger partial charge in [-0.25, -0.2) is 0 Å². The van der Waals surface area contributed by atoms with Gasteiger partial charge in [-0.05, 0) is 42.3 Å². The predicted octanol–water partition coefficient (Wildman–Crippen LogP) is 4.87. The quantitative estimate of drug-likeness (QED) is 0.836. The molecule has 0 spiro atoms. The third kappa shape index (κ3) is 2.86. The zero-order valence-corrected chi connectivity index (χ0v) is 11.6. The number of thiophene rings is 2. The molecule has 0 aliphatic heterocycles. The summed E-state index contributed by atoms with van der Waals surface area (Å²) in [4.78, 5) is 1.37. The lowest BCUT2D eigenvalue weighted by molar-refractivity contribution is 0.501. The van der Waals surface area contributed by atoms with Gasteiger partial charge in [0.2, 0.25) is 0 Å². The highest BCUT2D eigenvalue weighted by molar-refractivity contribution is 7.14. The first-order chi connectivity index (χ1) is 7.66. The monoisotopic (exact) mass is 271 g/mol. The van der Waals surface area contributed by atoms with Crippen LogP contribution >= 0.6 is 34.3 Å². The van der Waals surface area contributed by atoms with Crippen molar-refractivity contribution in [3.63, 3.8) is 0 Å². The van der Waals surface area contributed by atoms with E-state index in [0.717, 1.165) is 4.34 Å². The van der Waals surface area contributed by atoms with Crippen molar-refractivity contribution in [2.45, 2.75) is 25.9 Å². The molecule has 2 unspecified atom stereocenters. The number of nitrogens with one attached hydrogen (secondary N) is 1. The van der Waals surface area contributed by atoms with Crippen LogP contribution < -0.4 is 5.32 Å². The zero-order chi connectivity index (χ0) is 11.5. The molecule has 0 amide bonds. The van der Waals surface area contributed by atoms with Crippen molar-refractivity contribution >= 4 is 34.3 Å². The minimum atomic E-state index is 0.334. The lowest BCUT2D eigenvalue weighted by Crippen LogP contribution is -2.21. The molecule has 1 N–H and O–H groups in total. The maximum Gasteiger partial charge on any atom is 0.0931 e. The molecule has 4 heteroatoms. The number of rotatable bonds is 4. The molecule has 0 fully saturated rings. The standard InChI is InChI=1S/C12H14ClNS2/c1-8(10-6-12(13)16-7-10)14-9(2)11-4-3-5-15-11/h3-9,14H,1-2H3. The highest BCUT2D eigenvalue weighted by Gasteiger charge is 2.12. The Morgan fingerprint density at radius 2 is 2.06 bits per heavy atom. The smallest absolute Gasteiger partial charge is 0.0931 e. The van der Waals surface area contributed by atoms with E-state index >= 15 is 0 Å². The molecule has 2 atom stereocenters. The molecule has 1 nitrogen and oxygen atoms in total. The molecular weight excluding hydrogens is 258 g/mol. The maximum absolute atomic E-state index is 5.93. The second-order valence-corrected chi connectivity index (χ2v) is 6.33. The third-order valence-corrected chi connectivity index (χ3v) is 4.72. The summed E-state index contributed by atoms with van der Waals surface area (Å²) in [5.41, 5.74) is 1.26. The molecular formula is C12H14ClNS2. The Bertz CT molecular complexity index is 436. The summed E-state index contributed by atoms with van der Waals surface area (Å²) in [5, 5.41) is 7.79. The molecule has 0 saturated carbocycles. The fourth-order valence-corrected chi connectivity index (χ4v) is 3.37. The number of hydrogen-bond donors (Lipinski definition) is 1. The van der Waals surface area contributed by atoms with Crippen LogP contribution in [0.5, 0.6) is 0 Å². The Morgan fingerprint density at radius 3 is 2.62 bits per heavy atom. The number of halogens is 1. The van der Waals surface area contributed by atoms with Gasteiger partial charge in [0.25, 0.3) is 0 Å². The summed E-state index contributed by atoms with van der Waals surface area (Å²) >= 11 is 9.31. The van der Waals surface area contributed by atoms with Crippen molar-refractivity contribution in [1.82, 2.24) is 5.32 Å². The van der Waals surface area contributed by atoms with Gasteiger partial charge in [0.1, 0.15) is 0 Å². The Balaban J connectivity index is 2.00. The molecule has 2 heterocycles. The summed E-state index contributed by atoms with van der Waals surface area (Å²) < 4.78 is 0.854. The lowest BCUT2D eigenvalue weighted by atomic mass is 10.1. The van der Waals surface area contributed by atoms with Gasteiger partial charge in [-0.1, -0.05) is 17.7 Å². The maximum atomic E-state index is 5.93. The lowest BCUT2D eigenvalue weighted by Gasteiger charge is -2.18. The van der Waals surface area contributed by atoms with Crippen LogP contribution in [0.3, 0.4) is 0 Å². The highest BCUT2D eigenvalue weighted by Crippen LogP contribution is 2.27. The van der Waals surface area contributed by atoms with E-state index in [1.165, 1.54) is 10.4 Å². The summed E-state index contributed by atoms with van der Waals surface area (Å²) in [6.07, 6.45) is 0. The molecule has 86 valence electrons. The summed E-state index contributed by atoms with van der Waals surface area (Å²) in [7, 11) is 0. The van der Waals surface area contributed by atoms with Crippen LogP contribution in [-0.4, -0.2) is 0 Å². The summed E-state index contributed by atoms with van der Waals surface area (Å²) in [5.74, 6) is 0. The Hall–Kier alpha value is -0.350. The minimum absolute atomic E-state index is 0.334. The van der Waals surface area contributed by atoms with Gasteiger partial charge in [0.15, 0.2) is 0 Å². The van der Waals surface area contributed by atoms with Gasteiger partial charge in [-0.3, -0.25) is 0 Å². The minimum Gasteiger partial charge on any atom is -0.303 e. The largest absolute Gasteiger partial charge is 0.303 e. The van der Waals surface area contributed by atoms with Gasteiger partial charge in [-0.15, -0.1) is 22.7 Å². The molecule has 0 aliphatic rings. The van der Waals surface area contributed by atoms with Crippen LogP contribution in [0, 0.1) is 0 Å². The van der Waals surface area contributed by atoms with Crippen LogP contribution in [0.2, 0.25) is 4.34 Å². The second kappa shape index (κ2) is 5.32. The third-order valence-electron chi connectivity index (χ3n) is 2.56. The van der Waals surface area contributed by atoms with E-state index in [0.29, 0.717) is 12.1 Å². The first-order valence-electron chi connectivity index (χ1n) is 5.20. The SMILES string of the molecule is CC(NC(C)c1cccs1)c1csc(Cl)c1. The molecule has 0 saturated heterocycles. The fraction of sp³-hybridized carbons (Fsp3) is 0.333. The first-order valence-corrected chi connectivity index (χ1v) is 7.34. The molecule has 2 rings (SSSR count). The van der Waals surface area contributed by atoms with Crippen molar-refractivity contribution in [3.05, 3.63) is 43.7 Å². The fourth-order valence-electron chi connectivity index (χ4n) is 1.64. The number of hydrogen-bond acceptors (Lipinski definition) is 3. The Labute approximate surface area is 109 Å². The average molecular weight is 272 g/mol. The van der Waals surface area contributed by atoms with Crippen molar-refractivity contribution < 1.29 is 0 Å². The first kappa shape index (κ1) is 12.1. The van der Waals surface area contributed by atoms with E-state index < -0.39 is 0 Å². The van der Waals surface area contributed by atoms with Crippen LogP contribution in [0.25, 0.3) is 0 Å². The highest BCUT2D eigenvalue weighted by atomic mass is 35.5. The summed E-state index contributed by atoms with van der Waals surface area (Å²) in [6, 6.07) is 7.00. The van der Waals surface area contributed by atoms with Crippen LogP contribution in [0.1, 0.15) is 36.4 Å². The van der Waals surface area contributed by atoms with Gasteiger partial charge in [-0.2, -0.15) is 0 Å². The van der Waals surface area contributed by atoms with Crippen LogP contribution in [-0.2, 0) is 0 Å². The second-order valence-electron chi connectivity index (χ2n) is 3.81. The van der Waals surface area contributed by atoms with Gasteiger partial charge in [0, 0.05) is 17.0 Å². The van der Waals surface area contributed by atoms with Gasteiger partial charge >= 0.3 is 0 Å². The zero-order valence-electron chi connectivity index (χ0n) is 9.24. The molecule has 0 aromatic carbocycles. The normalized spacial score (nSPS) is 14.9. The topological polar surface area (TPSA) is 12.0 Å². The van der Waals surface area contributed by atoms with Crippen molar-refractivity contribution in [2.75, 3.05) is 0 Å². The van der Waals surface area contributed by atoms with Gasteiger partial charge in [0.05, 0.1) is 4.34 Å². The average Bonchev–Trinajstić information content (AvgIpc) is 2.87. The van der Waals surface area contributed by atoms with Crippen molar-refractivity contribution in [3.8, 4) is 0 Å². The molecule has 0 aliphatic carbocycles. The van der Waals surface area contributed by atoms with Gasteiger partial charge < -0.3 is 5.32 Å². The Morgan fingerprint density at radius 1 is 1.25 bits per heavy atom. The van der Waals surface area contributed by atoms with Crippen LogP contribution in [0.15, 0.2) is 29.0 Å². The Kier molecular flexibility index (Phi) is 4.03. The predicted molar refractivity (Wildman–Crippen MR) is 73.6 cm³/mol. The van der Waals surface area contributed by atoms with Crippen molar-refractivity contribution in [2.24, 2.45) is 0 Å². The molecule has 0 radical (unpaired) electrons. The van der Waals surface area contributed by atoms with E-state index in [-0.39, 0.29) is 0 Å². The van der Waals surface area contributed by atoms with Crippen molar-refractivity contribution in [1.29, 1.82) is 0 Å². The van der Waals surface area contributed by atoms with E-state index in [2.05, 4.69) is 42.1 Å². The molecule has 0 bridgehead atoms. The molecule has 2 aromatic heterocycles. The van der Waals surface area contributed by atoms with E-state index in [1.54, 1.807) is 22.7 Å². The summed E-state index contributed by atoms with van der Waals surface area (Å²) in [6.45, 7) is 4.36. The van der Waals surface area contributed by atoms with E-state index in [4.69, 9.17) is 11.6 Å².